The molecule has 1 fully saturated rings. The fraction of sp³-hybridized carbons (Fsp3) is 0.545. The summed E-state index contributed by atoms with van der Waals surface area (Å²) in [6.07, 6.45) is 8.68. The summed E-state index contributed by atoms with van der Waals surface area (Å²) in [6.45, 7) is 0. The van der Waals surface area contributed by atoms with Gasteiger partial charge in [-0.05, 0) is 25.0 Å². The summed E-state index contributed by atoms with van der Waals surface area (Å²) in [4.78, 5) is 0.514. The van der Waals surface area contributed by atoms with Crippen LogP contribution < -0.4 is 5.73 Å². The predicted molar refractivity (Wildman–Crippen MR) is 62.4 cm³/mol. The monoisotopic (exact) mass is 208 g/mol. The molecule has 1 heterocycles. The summed E-state index contributed by atoms with van der Waals surface area (Å²) < 4.78 is 2.25. The molecule has 0 radical (unpaired) electrons. The van der Waals surface area contributed by atoms with Gasteiger partial charge in [-0.2, -0.15) is 0 Å². The van der Waals surface area contributed by atoms with E-state index in [1.165, 1.54) is 32.1 Å². The summed E-state index contributed by atoms with van der Waals surface area (Å²) in [7, 11) is 0. The maximum Gasteiger partial charge on any atom is 0.120 e. The van der Waals surface area contributed by atoms with Gasteiger partial charge in [0.25, 0.3) is 0 Å². The molecule has 0 aromatic carbocycles. The highest BCUT2D eigenvalue weighted by Crippen LogP contribution is 2.29. The maximum atomic E-state index is 5.68. The Morgan fingerprint density at radius 3 is 2.71 bits per heavy atom. The fourth-order valence-corrected chi connectivity index (χ4v) is 2.45. The molecular weight excluding hydrogens is 192 g/mol. The minimum absolute atomic E-state index is 0.514. The number of aromatic nitrogens is 1. The molecule has 76 valence electrons. The lowest BCUT2D eigenvalue weighted by Crippen LogP contribution is -2.20. The zero-order valence-electron chi connectivity index (χ0n) is 8.28. The first-order valence-corrected chi connectivity index (χ1v) is 5.66. The molecule has 1 saturated carbocycles. The third kappa shape index (κ3) is 1.82. The van der Waals surface area contributed by atoms with Crippen LogP contribution in [0.1, 0.15) is 43.8 Å². The molecule has 2 N–H and O–H groups in total. The van der Waals surface area contributed by atoms with Crippen molar-refractivity contribution in [2.24, 2.45) is 5.73 Å². The van der Waals surface area contributed by atoms with Gasteiger partial charge in [-0.3, -0.25) is 0 Å². The second-order valence-electron chi connectivity index (χ2n) is 3.96. The maximum absolute atomic E-state index is 5.68. The Morgan fingerprint density at radius 2 is 2.07 bits per heavy atom. The van der Waals surface area contributed by atoms with Gasteiger partial charge in [0.1, 0.15) is 4.99 Å². The van der Waals surface area contributed by atoms with Gasteiger partial charge in [-0.1, -0.05) is 31.5 Å². The number of thiocarbonyl (C=S) groups is 1. The lowest BCUT2D eigenvalue weighted by atomic mass is 9.95. The van der Waals surface area contributed by atoms with Gasteiger partial charge < -0.3 is 10.3 Å². The predicted octanol–water partition coefficient (Wildman–Crippen LogP) is 2.63. The van der Waals surface area contributed by atoms with Crippen molar-refractivity contribution in [3.05, 3.63) is 24.0 Å². The van der Waals surface area contributed by atoms with Crippen molar-refractivity contribution in [2.45, 2.75) is 38.1 Å². The quantitative estimate of drug-likeness (QED) is 0.757. The van der Waals surface area contributed by atoms with E-state index in [0.29, 0.717) is 11.0 Å². The molecule has 0 aliphatic heterocycles. The molecule has 14 heavy (non-hydrogen) atoms. The summed E-state index contributed by atoms with van der Waals surface area (Å²) in [5.74, 6) is 0. The van der Waals surface area contributed by atoms with Crippen molar-refractivity contribution in [3.8, 4) is 0 Å². The normalized spacial score (nSPS) is 18.3. The Bertz CT molecular complexity index is 324. The Labute approximate surface area is 90.1 Å². The topological polar surface area (TPSA) is 30.9 Å². The Balaban J connectivity index is 2.21. The van der Waals surface area contributed by atoms with Crippen molar-refractivity contribution < 1.29 is 0 Å². The van der Waals surface area contributed by atoms with Gasteiger partial charge in [-0.25, -0.2) is 0 Å². The second-order valence-corrected chi connectivity index (χ2v) is 4.40. The Hall–Kier alpha value is -0.830. The average molecular weight is 208 g/mol. The Morgan fingerprint density at radius 1 is 1.36 bits per heavy atom. The number of nitrogens with two attached hydrogens (primary N) is 1. The largest absolute Gasteiger partial charge is 0.388 e. The molecule has 1 aliphatic carbocycles. The van der Waals surface area contributed by atoms with Crippen LogP contribution in [-0.2, 0) is 0 Å². The second kappa shape index (κ2) is 4.13. The van der Waals surface area contributed by atoms with Gasteiger partial charge in [0.2, 0.25) is 0 Å². The summed E-state index contributed by atoms with van der Waals surface area (Å²) in [6, 6.07) is 4.66. The molecule has 1 aromatic rings. The van der Waals surface area contributed by atoms with Crippen LogP contribution in [0.4, 0.5) is 0 Å². The van der Waals surface area contributed by atoms with Crippen LogP contribution in [-0.4, -0.2) is 9.56 Å². The first-order chi connectivity index (χ1) is 6.79. The van der Waals surface area contributed by atoms with Crippen molar-refractivity contribution >= 4 is 17.2 Å². The summed E-state index contributed by atoms with van der Waals surface area (Å²) in [5.41, 5.74) is 6.70. The van der Waals surface area contributed by atoms with Crippen LogP contribution in [0, 0.1) is 0 Å². The van der Waals surface area contributed by atoms with E-state index in [0.717, 1.165) is 5.69 Å². The smallest absolute Gasteiger partial charge is 0.120 e. The third-order valence-electron chi connectivity index (χ3n) is 3.00. The van der Waals surface area contributed by atoms with E-state index in [4.69, 9.17) is 18.0 Å². The molecule has 0 amide bonds. The van der Waals surface area contributed by atoms with Crippen LogP contribution >= 0.6 is 12.2 Å². The van der Waals surface area contributed by atoms with Gasteiger partial charge >= 0.3 is 0 Å². The standard InChI is InChI=1S/C11H16N2S/c12-11(14)10-7-4-8-13(10)9-5-2-1-3-6-9/h4,7-9H,1-3,5-6H2,(H2,12,14). The highest BCUT2D eigenvalue weighted by Gasteiger charge is 2.17. The van der Waals surface area contributed by atoms with E-state index < -0.39 is 0 Å². The zero-order valence-corrected chi connectivity index (χ0v) is 9.09. The summed E-state index contributed by atoms with van der Waals surface area (Å²) >= 11 is 5.03. The number of hydrogen-bond donors (Lipinski definition) is 1. The van der Waals surface area contributed by atoms with Gasteiger partial charge in [0, 0.05) is 12.2 Å². The molecule has 0 bridgehead atoms. The molecular formula is C11H16N2S. The molecule has 1 aromatic heterocycles. The van der Waals surface area contributed by atoms with Gasteiger partial charge in [-0.15, -0.1) is 0 Å². The van der Waals surface area contributed by atoms with E-state index in [1.54, 1.807) is 0 Å². The molecule has 0 unspecified atom stereocenters. The zero-order chi connectivity index (χ0) is 9.97. The van der Waals surface area contributed by atoms with Crippen LogP contribution in [0.5, 0.6) is 0 Å². The number of rotatable bonds is 2. The molecule has 3 heteroatoms. The van der Waals surface area contributed by atoms with E-state index in [-0.39, 0.29) is 0 Å². The molecule has 0 spiro atoms. The van der Waals surface area contributed by atoms with Crippen molar-refractivity contribution in [1.82, 2.24) is 4.57 Å². The highest BCUT2D eigenvalue weighted by molar-refractivity contribution is 7.80. The van der Waals surface area contributed by atoms with Crippen molar-refractivity contribution in [3.63, 3.8) is 0 Å². The van der Waals surface area contributed by atoms with Crippen molar-refractivity contribution in [2.75, 3.05) is 0 Å². The van der Waals surface area contributed by atoms with Crippen LogP contribution in [0.25, 0.3) is 0 Å². The number of hydrogen-bond acceptors (Lipinski definition) is 1. The lowest BCUT2D eigenvalue weighted by molar-refractivity contribution is 0.353. The van der Waals surface area contributed by atoms with Crippen molar-refractivity contribution in [1.29, 1.82) is 0 Å². The number of nitrogens with zero attached hydrogens (tertiary/aromatic N) is 1. The van der Waals surface area contributed by atoms with Crippen LogP contribution in [0.2, 0.25) is 0 Å². The van der Waals surface area contributed by atoms with Crippen LogP contribution in [0.15, 0.2) is 18.3 Å². The van der Waals surface area contributed by atoms with E-state index in [9.17, 15) is 0 Å². The summed E-state index contributed by atoms with van der Waals surface area (Å²) in [5, 5.41) is 0. The third-order valence-corrected chi connectivity index (χ3v) is 3.21. The first kappa shape index (κ1) is 9.71. The minimum atomic E-state index is 0.514. The molecule has 1 aliphatic rings. The highest BCUT2D eigenvalue weighted by atomic mass is 32.1. The minimum Gasteiger partial charge on any atom is -0.388 e. The van der Waals surface area contributed by atoms with E-state index in [1.807, 2.05) is 12.1 Å². The average Bonchev–Trinajstić information content (AvgIpc) is 2.67. The van der Waals surface area contributed by atoms with Crippen LogP contribution in [0.3, 0.4) is 0 Å². The SMILES string of the molecule is NC(=S)c1cccn1C1CCCCC1. The molecule has 2 nitrogen and oxygen atoms in total. The first-order valence-electron chi connectivity index (χ1n) is 5.25. The van der Waals surface area contributed by atoms with E-state index in [2.05, 4.69) is 10.8 Å². The van der Waals surface area contributed by atoms with Gasteiger partial charge in [0.05, 0.1) is 5.69 Å². The van der Waals surface area contributed by atoms with E-state index >= 15 is 0 Å². The fourth-order valence-electron chi connectivity index (χ4n) is 2.28. The molecule has 2 rings (SSSR count). The molecule has 0 saturated heterocycles. The molecule has 0 atom stereocenters. The Kier molecular flexibility index (Phi) is 2.87. The lowest BCUT2D eigenvalue weighted by Gasteiger charge is -2.25. The van der Waals surface area contributed by atoms with Gasteiger partial charge in [0.15, 0.2) is 0 Å².